The highest BCUT2D eigenvalue weighted by Gasteiger charge is 2.23. The van der Waals surface area contributed by atoms with Gasteiger partial charge in [0.15, 0.2) is 0 Å². The van der Waals surface area contributed by atoms with E-state index in [4.69, 9.17) is 5.73 Å². The van der Waals surface area contributed by atoms with Crippen LogP contribution in [0.1, 0.15) is 30.5 Å². The van der Waals surface area contributed by atoms with Gasteiger partial charge in [-0.3, -0.25) is 0 Å². The second kappa shape index (κ2) is 4.10. The normalized spacial score (nSPS) is 25.9. The summed E-state index contributed by atoms with van der Waals surface area (Å²) >= 11 is 1.69. The Kier molecular flexibility index (Phi) is 2.98. The zero-order chi connectivity index (χ0) is 11.0. The van der Waals surface area contributed by atoms with E-state index in [2.05, 4.69) is 6.92 Å². The molecule has 0 spiro atoms. The van der Waals surface area contributed by atoms with Crippen molar-refractivity contribution in [2.45, 2.75) is 30.4 Å². The molecule has 0 fully saturated rings. The quantitative estimate of drug-likeness (QED) is 0.740. The van der Waals surface area contributed by atoms with Gasteiger partial charge in [-0.1, -0.05) is 6.92 Å². The smallest absolute Gasteiger partial charge is 0.131 e. The van der Waals surface area contributed by atoms with Crippen molar-refractivity contribution in [3.63, 3.8) is 0 Å². The van der Waals surface area contributed by atoms with Gasteiger partial charge in [0.05, 0.1) is 0 Å². The number of thioether (sulfide) groups is 1. The van der Waals surface area contributed by atoms with E-state index in [0.29, 0.717) is 22.1 Å². The number of benzene rings is 1. The van der Waals surface area contributed by atoms with Crippen LogP contribution in [0.2, 0.25) is 0 Å². The van der Waals surface area contributed by atoms with Crippen LogP contribution in [-0.4, -0.2) is 5.25 Å². The maximum absolute atomic E-state index is 13.6. The molecule has 0 aromatic heterocycles. The molecule has 1 aromatic carbocycles. The Morgan fingerprint density at radius 1 is 1.40 bits per heavy atom. The predicted octanol–water partition coefficient (Wildman–Crippen LogP) is 2.99. The van der Waals surface area contributed by atoms with E-state index in [9.17, 15) is 8.78 Å². The number of hydrogen-bond acceptors (Lipinski definition) is 2. The van der Waals surface area contributed by atoms with E-state index in [1.165, 1.54) is 6.07 Å². The molecule has 0 saturated heterocycles. The number of rotatable bonds is 0. The van der Waals surface area contributed by atoms with E-state index < -0.39 is 11.6 Å². The topological polar surface area (TPSA) is 26.0 Å². The lowest BCUT2D eigenvalue weighted by molar-refractivity contribution is 0.542. The SMILES string of the molecule is CC1C[C@@H](N)c2c(F)cc(F)cc2CS1. The van der Waals surface area contributed by atoms with Crippen molar-refractivity contribution in [2.24, 2.45) is 5.73 Å². The van der Waals surface area contributed by atoms with Gasteiger partial charge in [-0.05, 0) is 18.1 Å². The molecule has 1 unspecified atom stereocenters. The molecule has 15 heavy (non-hydrogen) atoms. The minimum Gasteiger partial charge on any atom is -0.324 e. The summed E-state index contributed by atoms with van der Waals surface area (Å²) in [6.07, 6.45) is 0.736. The number of hydrogen-bond donors (Lipinski definition) is 1. The lowest BCUT2D eigenvalue weighted by Crippen LogP contribution is -2.16. The summed E-state index contributed by atoms with van der Waals surface area (Å²) in [6.45, 7) is 2.06. The lowest BCUT2D eigenvalue weighted by atomic mass is 9.98. The highest BCUT2D eigenvalue weighted by molar-refractivity contribution is 7.99. The molecule has 2 N–H and O–H groups in total. The molecule has 0 bridgehead atoms. The first-order valence-electron chi connectivity index (χ1n) is 4.93. The van der Waals surface area contributed by atoms with Crippen molar-refractivity contribution in [1.82, 2.24) is 0 Å². The largest absolute Gasteiger partial charge is 0.324 e. The van der Waals surface area contributed by atoms with E-state index >= 15 is 0 Å². The Morgan fingerprint density at radius 2 is 2.13 bits per heavy atom. The molecule has 2 rings (SSSR count). The van der Waals surface area contributed by atoms with Crippen LogP contribution in [0.25, 0.3) is 0 Å². The fourth-order valence-corrected chi connectivity index (χ4v) is 2.99. The molecule has 0 amide bonds. The first-order valence-corrected chi connectivity index (χ1v) is 5.98. The van der Waals surface area contributed by atoms with Crippen LogP contribution in [0, 0.1) is 11.6 Å². The molecule has 0 saturated carbocycles. The molecule has 1 aliphatic heterocycles. The van der Waals surface area contributed by atoms with Gasteiger partial charge in [-0.15, -0.1) is 0 Å². The van der Waals surface area contributed by atoms with E-state index in [1.807, 2.05) is 0 Å². The molecule has 4 heteroatoms. The Labute approximate surface area is 92.0 Å². The van der Waals surface area contributed by atoms with Crippen LogP contribution in [0.5, 0.6) is 0 Å². The maximum Gasteiger partial charge on any atom is 0.131 e. The summed E-state index contributed by atoms with van der Waals surface area (Å²) in [4.78, 5) is 0. The molecule has 0 aliphatic carbocycles. The third-order valence-corrected chi connectivity index (χ3v) is 3.90. The number of halogens is 2. The van der Waals surface area contributed by atoms with Crippen LogP contribution in [0.3, 0.4) is 0 Å². The van der Waals surface area contributed by atoms with Crippen LogP contribution in [0.15, 0.2) is 12.1 Å². The number of nitrogens with two attached hydrogens (primary N) is 1. The average Bonchev–Trinajstić information content (AvgIpc) is 2.25. The molecule has 0 radical (unpaired) electrons. The summed E-state index contributed by atoms with van der Waals surface area (Å²) in [7, 11) is 0. The summed E-state index contributed by atoms with van der Waals surface area (Å²) < 4.78 is 26.6. The summed E-state index contributed by atoms with van der Waals surface area (Å²) in [5, 5.41) is 0.384. The number of fused-ring (bicyclic) bond motifs is 1. The highest BCUT2D eigenvalue weighted by Crippen LogP contribution is 2.35. The van der Waals surface area contributed by atoms with E-state index in [-0.39, 0.29) is 6.04 Å². The van der Waals surface area contributed by atoms with Crippen molar-refractivity contribution in [1.29, 1.82) is 0 Å². The summed E-state index contributed by atoms with van der Waals surface area (Å²) in [5.41, 5.74) is 7.11. The zero-order valence-electron chi connectivity index (χ0n) is 8.47. The molecule has 1 aliphatic rings. The molecule has 1 nitrogen and oxygen atoms in total. The lowest BCUT2D eigenvalue weighted by Gasteiger charge is -2.14. The molecule has 2 atom stereocenters. The molecule has 1 heterocycles. The first-order chi connectivity index (χ1) is 7.08. The fourth-order valence-electron chi connectivity index (χ4n) is 1.95. The Morgan fingerprint density at radius 3 is 2.87 bits per heavy atom. The highest BCUT2D eigenvalue weighted by atomic mass is 32.2. The van der Waals surface area contributed by atoms with Crippen molar-refractivity contribution in [2.75, 3.05) is 0 Å². The van der Waals surface area contributed by atoms with Gasteiger partial charge in [0.1, 0.15) is 11.6 Å². The third-order valence-electron chi connectivity index (χ3n) is 2.66. The fraction of sp³-hybridized carbons (Fsp3) is 0.455. The van der Waals surface area contributed by atoms with E-state index in [0.717, 1.165) is 12.5 Å². The molecule has 82 valence electrons. The Balaban J connectivity index is 2.48. The van der Waals surface area contributed by atoms with Crippen molar-refractivity contribution < 1.29 is 8.78 Å². The predicted molar refractivity (Wildman–Crippen MR) is 58.7 cm³/mol. The van der Waals surface area contributed by atoms with Gasteiger partial charge in [-0.2, -0.15) is 11.8 Å². The second-order valence-electron chi connectivity index (χ2n) is 3.92. The van der Waals surface area contributed by atoms with Crippen LogP contribution >= 0.6 is 11.8 Å². The molecular weight excluding hydrogens is 216 g/mol. The minimum absolute atomic E-state index is 0.314. The first kappa shape index (κ1) is 10.9. The zero-order valence-corrected chi connectivity index (χ0v) is 9.28. The van der Waals surface area contributed by atoms with Crippen molar-refractivity contribution in [3.8, 4) is 0 Å². The second-order valence-corrected chi connectivity index (χ2v) is 5.35. The van der Waals surface area contributed by atoms with E-state index in [1.54, 1.807) is 11.8 Å². The van der Waals surface area contributed by atoms with Crippen molar-refractivity contribution in [3.05, 3.63) is 34.9 Å². The summed E-state index contributed by atoms with van der Waals surface area (Å²) in [6, 6.07) is 1.99. The molecule has 1 aromatic rings. The van der Waals surface area contributed by atoms with Gasteiger partial charge in [0, 0.05) is 28.7 Å². The standard InChI is InChI=1S/C11H13F2NS/c1-6-2-10(14)11-7(5-15-6)3-8(12)4-9(11)13/h3-4,6,10H,2,5,14H2,1H3/t6?,10-/m1/s1. The Hall–Kier alpha value is -0.610. The Bertz CT molecular complexity index is 381. The minimum atomic E-state index is -0.520. The third kappa shape index (κ3) is 2.16. The van der Waals surface area contributed by atoms with Crippen LogP contribution < -0.4 is 5.73 Å². The van der Waals surface area contributed by atoms with Gasteiger partial charge in [-0.25, -0.2) is 8.78 Å². The van der Waals surface area contributed by atoms with Crippen molar-refractivity contribution >= 4 is 11.8 Å². The van der Waals surface area contributed by atoms with Gasteiger partial charge < -0.3 is 5.73 Å². The van der Waals surface area contributed by atoms with Crippen LogP contribution in [-0.2, 0) is 5.75 Å². The summed E-state index contributed by atoms with van der Waals surface area (Å²) in [5.74, 6) is -0.389. The van der Waals surface area contributed by atoms with Crippen LogP contribution in [0.4, 0.5) is 8.78 Å². The monoisotopic (exact) mass is 229 g/mol. The average molecular weight is 229 g/mol. The van der Waals surface area contributed by atoms with Gasteiger partial charge in [0.2, 0.25) is 0 Å². The molecular formula is C11H13F2NS. The maximum atomic E-state index is 13.6. The van der Waals surface area contributed by atoms with Gasteiger partial charge in [0.25, 0.3) is 0 Å². The van der Waals surface area contributed by atoms with Gasteiger partial charge >= 0.3 is 0 Å².